The summed E-state index contributed by atoms with van der Waals surface area (Å²) >= 11 is 1.35. The molecule has 1 amide bonds. The summed E-state index contributed by atoms with van der Waals surface area (Å²) in [7, 11) is 3.19. The van der Waals surface area contributed by atoms with E-state index < -0.39 is 5.97 Å². The van der Waals surface area contributed by atoms with Crippen LogP contribution in [0.4, 0.5) is 0 Å². The fourth-order valence-corrected chi connectivity index (χ4v) is 3.95. The number of carbonyl (C=O) groups excluding carboxylic acids is 2. The van der Waals surface area contributed by atoms with E-state index >= 15 is 0 Å². The van der Waals surface area contributed by atoms with Gasteiger partial charge in [0.2, 0.25) is 0 Å². The Morgan fingerprint density at radius 1 is 1.10 bits per heavy atom. The van der Waals surface area contributed by atoms with Gasteiger partial charge in [-0.15, -0.1) is 0 Å². The number of thiazole rings is 1. The molecule has 0 spiro atoms. The number of esters is 1. The number of amides is 1. The first-order valence-electron chi connectivity index (χ1n) is 9.53. The second-order valence-corrected chi connectivity index (χ2v) is 7.63. The third-order valence-corrected chi connectivity index (χ3v) is 5.62. The topological polar surface area (TPSA) is 69.9 Å². The van der Waals surface area contributed by atoms with Gasteiger partial charge in [-0.1, -0.05) is 37.2 Å². The highest BCUT2D eigenvalue weighted by atomic mass is 32.1. The SMILES string of the molecule is CCCCCOc1cccc(C(=O)N=c2sc3cc(C(=O)OC)ccc3n2C)c1. The van der Waals surface area contributed by atoms with Gasteiger partial charge in [0.1, 0.15) is 5.75 Å². The summed E-state index contributed by atoms with van der Waals surface area (Å²) in [6.07, 6.45) is 3.24. The van der Waals surface area contributed by atoms with E-state index in [-0.39, 0.29) is 5.91 Å². The maximum atomic E-state index is 12.7. The van der Waals surface area contributed by atoms with Crippen LogP contribution in [0.2, 0.25) is 0 Å². The van der Waals surface area contributed by atoms with Crippen LogP contribution < -0.4 is 9.54 Å². The Morgan fingerprint density at radius 3 is 2.69 bits per heavy atom. The quantitative estimate of drug-likeness (QED) is 0.428. The molecule has 1 aromatic heterocycles. The first-order chi connectivity index (χ1) is 14.0. The fraction of sp³-hybridized carbons (Fsp3) is 0.318. The third kappa shape index (κ3) is 4.92. The van der Waals surface area contributed by atoms with E-state index in [1.807, 2.05) is 23.7 Å². The van der Waals surface area contributed by atoms with Gasteiger partial charge in [-0.2, -0.15) is 4.99 Å². The monoisotopic (exact) mass is 412 g/mol. The molecule has 3 aromatic rings. The van der Waals surface area contributed by atoms with Gasteiger partial charge < -0.3 is 14.0 Å². The van der Waals surface area contributed by atoms with E-state index in [4.69, 9.17) is 9.47 Å². The highest BCUT2D eigenvalue weighted by Gasteiger charge is 2.11. The number of unbranched alkanes of at least 4 members (excludes halogenated alkanes) is 2. The molecule has 0 unspecified atom stereocenters. The van der Waals surface area contributed by atoms with E-state index in [0.29, 0.717) is 28.3 Å². The van der Waals surface area contributed by atoms with Crippen molar-refractivity contribution in [1.29, 1.82) is 0 Å². The minimum Gasteiger partial charge on any atom is -0.494 e. The lowest BCUT2D eigenvalue weighted by atomic mass is 10.2. The van der Waals surface area contributed by atoms with Crippen molar-refractivity contribution in [2.75, 3.05) is 13.7 Å². The van der Waals surface area contributed by atoms with Gasteiger partial charge >= 0.3 is 5.97 Å². The van der Waals surface area contributed by atoms with Gasteiger partial charge in [0.25, 0.3) is 5.91 Å². The van der Waals surface area contributed by atoms with Crippen molar-refractivity contribution < 1.29 is 19.1 Å². The molecule has 0 aliphatic heterocycles. The molecule has 6 nitrogen and oxygen atoms in total. The molecule has 0 aliphatic carbocycles. The summed E-state index contributed by atoms with van der Waals surface area (Å²) in [6, 6.07) is 12.4. The number of rotatable bonds is 7. The first-order valence-corrected chi connectivity index (χ1v) is 10.3. The molecule has 0 bridgehead atoms. The third-order valence-electron chi connectivity index (χ3n) is 4.53. The Morgan fingerprint density at radius 2 is 1.93 bits per heavy atom. The number of fused-ring (bicyclic) bond motifs is 1. The first kappa shape index (κ1) is 20.8. The number of ether oxygens (including phenoxy) is 2. The van der Waals surface area contributed by atoms with Crippen LogP contribution in [0.15, 0.2) is 47.5 Å². The zero-order chi connectivity index (χ0) is 20.8. The molecular weight excluding hydrogens is 388 g/mol. The smallest absolute Gasteiger partial charge is 0.337 e. The molecule has 0 radical (unpaired) electrons. The van der Waals surface area contributed by atoms with Crippen LogP contribution in [0.5, 0.6) is 5.75 Å². The summed E-state index contributed by atoms with van der Waals surface area (Å²) in [5.74, 6) is -0.0572. The second kappa shape index (κ2) is 9.52. The van der Waals surface area contributed by atoms with Crippen LogP contribution in [0, 0.1) is 0 Å². The minimum absolute atomic E-state index is 0.334. The van der Waals surface area contributed by atoms with Gasteiger partial charge in [-0.25, -0.2) is 4.79 Å². The zero-order valence-corrected chi connectivity index (χ0v) is 17.6. The fourth-order valence-electron chi connectivity index (χ4n) is 2.90. The molecule has 2 aromatic carbocycles. The second-order valence-electron chi connectivity index (χ2n) is 6.62. The van der Waals surface area contributed by atoms with Crippen LogP contribution in [0.25, 0.3) is 10.2 Å². The van der Waals surface area contributed by atoms with Crippen LogP contribution in [-0.4, -0.2) is 30.2 Å². The summed E-state index contributed by atoms with van der Waals surface area (Å²) < 4.78 is 13.2. The van der Waals surface area contributed by atoms with Crippen LogP contribution in [0.1, 0.15) is 46.9 Å². The molecule has 7 heteroatoms. The van der Waals surface area contributed by atoms with Crippen molar-refractivity contribution in [3.05, 3.63) is 58.4 Å². The van der Waals surface area contributed by atoms with E-state index in [0.717, 1.165) is 29.5 Å². The molecule has 29 heavy (non-hydrogen) atoms. The Kier molecular flexibility index (Phi) is 6.82. The molecule has 3 rings (SSSR count). The molecular formula is C22H24N2O4S. The van der Waals surface area contributed by atoms with E-state index in [1.165, 1.54) is 18.4 Å². The van der Waals surface area contributed by atoms with Crippen molar-refractivity contribution in [3.63, 3.8) is 0 Å². The molecule has 0 aliphatic rings. The van der Waals surface area contributed by atoms with Crippen molar-refractivity contribution in [2.45, 2.75) is 26.2 Å². The lowest BCUT2D eigenvalue weighted by Crippen LogP contribution is -2.13. The lowest BCUT2D eigenvalue weighted by molar-refractivity contribution is 0.0601. The van der Waals surface area contributed by atoms with Crippen LogP contribution >= 0.6 is 11.3 Å². The predicted octanol–water partition coefficient (Wildman–Crippen LogP) is 4.34. The number of benzene rings is 2. The van der Waals surface area contributed by atoms with Crippen LogP contribution in [-0.2, 0) is 11.8 Å². The molecule has 1 heterocycles. The summed E-state index contributed by atoms with van der Waals surface area (Å²) in [5, 5.41) is 0. The van der Waals surface area contributed by atoms with Gasteiger partial charge in [-0.3, -0.25) is 4.79 Å². The molecule has 0 saturated carbocycles. The largest absolute Gasteiger partial charge is 0.494 e. The van der Waals surface area contributed by atoms with Gasteiger partial charge in [-0.05, 0) is 42.8 Å². The average molecular weight is 413 g/mol. The zero-order valence-electron chi connectivity index (χ0n) is 16.8. The number of hydrogen-bond donors (Lipinski definition) is 0. The Balaban J connectivity index is 1.86. The number of nitrogens with zero attached hydrogens (tertiary/aromatic N) is 2. The summed E-state index contributed by atoms with van der Waals surface area (Å²) in [6.45, 7) is 2.78. The van der Waals surface area contributed by atoms with Gasteiger partial charge in [0.15, 0.2) is 4.80 Å². The van der Waals surface area contributed by atoms with Crippen molar-refractivity contribution >= 4 is 33.4 Å². The Labute approximate surface area is 173 Å². The number of methoxy groups -OCH3 is 1. The molecule has 152 valence electrons. The molecule has 0 fully saturated rings. The molecule has 0 N–H and O–H groups in total. The summed E-state index contributed by atoms with van der Waals surface area (Å²) in [5.41, 5.74) is 1.83. The van der Waals surface area contributed by atoms with Crippen molar-refractivity contribution in [1.82, 2.24) is 4.57 Å². The summed E-state index contributed by atoms with van der Waals surface area (Å²) in [4.78, 5) is 29.3. The average Bonchev–Trinajstić information content (AvgIpc) is 3.05. The lowest BCUT2D eigenvalue weighted by Gasteiger charge is -2.06. The molecule has 0 saturated heterocycles. The van der Waals surface area contributed by atoms with Gasteiger partial charge in [0, 0.05) is 12.6 Å². The van der Waals surface area contributed by atoms with E-state index in [2.05, 4.69) is 11.9 Å². The minimum atomic E-state index is -0.395. The Hall–Kier alpha value is -2.93. The number of aromatic nitrogens is 1. The number of hydrogen-bond acceptors (Lipinski definition) is 5. The highest BCUT2D eigenvalue weighted by Crippen LogP contribution is 2.19. The van der Waals surface area contributed by atoms with Crippen molar-refractivity contribution in [3.8, 4) is 5.75 Å². The van der Waals surface area contributed by atoms with Crippen LogP contribution in [0.3, 0.4) is 0 Å². The standard InChI is InChI=1S/C22H24N2O4S/c1-4-5-6-12-28-17-9-7-8-15(13-17)20(25)23-22-24(2)18-11-10-16(21(26)27-3)14-19(18)29-22/h7-11,13-14H,4-6,12H2,1-3H3. The highest BCUT2D eigenvalue weighted by molar-refractivity contribution is 7.16. The Bertz CT molecular complexity index is 1100. The predicted molar refractivity (Wildman–Crippen MR) is 113 cm³/mol. The maximum absolute atomic E-state index is 12.7. The van der Waals surface area contributed by atoms with Gasteiger partial charge in [0.05, 0.1) is 29.5 Å². The number of carbonyl (C=O) groups is 2. The maximum Gasteiger partial charge on any atom is 0.337 e. The normalized spacial score (nSPS) is 11.6. The number of aryl methyl sites for hydroxylation is 1. The molecule has 0 atom stereocenters. The van der Waals surface area contributed by atoms with E-state index in [9.17, 15) is 9.59 Å². The van der Waals surface area contributed by atoms with Crippen molar-refractivity contribution in [2.24, 2.45) is 12.0 Å². The van der Waals surface area contributed by atoms with E-state index in [1.54, 1.807) is 30.3 Å².